The van der Waals surface area contributed by atoms with Gasteiger partial charge in [-0.2, -0.15) is 0 Å². The topological polar surface area (TPSA) is 34.1 Å². The highest BCUT2D eigenvalue weighted by molar-refractivity contribution is 6.34. The molecule has 3 aliphatic carbocycles. The number of allylic oxidation sites excluding steroid dienone is 1. The molecule has 0 aliphatic heterocycles. The van der Waals surface area contributed by atoms with Gasteiger partial charge in [-0.1, -0.05) is 89.9 Å². The highest BCUT2D eigenvalue weighted by Crippen LogP contribution is 2.64. The van der Waals surface area contributed by atoms with Gasteiger partial charge in [-0.25, -0.2) is 0 Å². The third-order valence-corrected chi connectivity index (χ3v) is 7.97. The van der Waals surface area contributed by atoms with Crippen molar-refractivity contribution in [2.45, 2.75) is 11.3 Å². The first kappa shape index (κ1) is 20.0. The van der Waals surface area contributed by atoms with Crippen LogP contribution in [0.2, 0.25) is 10.0 Å². The molecule has 2 atom stereocenters. The van der Waals surface area contributed by atoms with Crippen LogP contribution in [0, 0.1) is 0 Å². The molecule has 0 heterocycles. The van der Waals surface area contributed by atoms with Gasteiger partial charge in [0.25, 0.3) is 0 Å². The fourth-order valence-electron chi connectivity index (χ4n) is 6.33. The number of rotatable bonds is 1. The minimum absolute atomic E-state index is 0.0119. The molecule has 34 heavy (non-hydrogen) atoms. The quantitative estimate of drug-likeness (QED) is 0.288. The molecule has 0 N–H and O–H groups in total. The molecule has 0 saturated heterocycles. The van der Waals surface area contributed by atoms with Gasteiger partial charge in [-0.15, -0.1) is 0 Å². The van der Waals surface area contributed by atoms with E-state index in [1.807, 2.05) is 78.9 Å². The first-order valence-electron chi connectivity index (χ1n) is 11.1. The van der Waals surface area contributed by atoms with Gasteiger partial charge in [0, 0.05) is 26.7 Å². The zero-order chi connectivity index (χ0) is 23.2. The van der Waals surface area contributed by atoms with Gasteiger partial charge in [0.2, 0.25) is 0 Å². The van der Waals surface area contributed by atoms with Crippen molar-refractivity contribution in [2.24, 2.45) is 0 Å². The number of hydrogen-bond donors (Lipinski definition) is 0. The van der Waals surface area contributed by atoms with E-state index in [0.29, 0.717) is 26.7 Å². The van der Waals surface area contributed by atoms with Gasteiger partial charge >= 0.3 is 0 Å². The molecule has 4 aromatic rings. The minimum atomic E-state index is -0.954. The van der Waals surface area contributed by atoms with Crippen LogP contribution in [-0.2, 0) is 5.41 Å². The SMILES string of the molecule is O=C1C2=C(c3ccc(Cl)cc31)c1ccccc1C1C(=O)c3cc(Cl)ccc3C21c1ccccc1. The zero-order valence-corrected chi connectivity index (χ0v) is 19.3. The van der Waals surface area contributed by atoms with Crippen molar-refractivity contribution in [3.63, 3.8) is 0 Å². The first-order chi connectivity index (χ1) is 16.5. The molecular weight excluding hydrogens is 463 g/mol. The fraction of sp³-hybridized carbons (Fsp3) is 0.0667. The van der Waals surface area contributed by atoms with Gasteiger partial charge in [0.15, 0.2) is 11.6 Å². The number of ketones is 2. The van der Waals surface area contributed by atoms with Gasteiger partial charge in [-0.3, -0.25) is 9.59 Å². The molecule has 2 unspecified atom stereocenters. The maximum atomic E-state index is 14.2. The Bertz CT molecular complexity index is 1620. The van der Waals surface area contributed by atoms with Crippen LogP contribution in [0.1, 0.15) is 54.5 Å². The van der Waals surface area contributed by atoms with E-state index in [9.17, 15) is 9.59 Å². The summed E-state index contributed by atoms with van der Waals surface area (Å²) < 4.78 is 0. The summed E-state index contributed by atoms with van der Waals surface area (Å²) in [4.78, 5) is 28.4. The van der Waals surface area contributed by atoms with E-state index < -0.39 is 11.3 Å². The normalized spacial score (nSPS) is 21.6. The number of Topliss-reactive ketones (excluding diaryl/α,β-unsaturated/α-hetero) is 2. The summed E-state index contributed by atoms with van der Waals surface area (Å²) in [6, 6.07) is 28.8. The molecule has 4 aromatic carbocycles. The molecule has 7 rings (SSSR count). The van der Waals surface area contributed by atoms with E-state index >= 15 is 0 Å². The van der Waals surface area contributed by atoms with E-state index in [-0.39, 0.29) is 11.6 Å². The van der Waals surface area contributed by atoms with Crippen molar-refractivity contribution >= 4 is 40.3 Å². The molecule has 0 fully saturated rings. The lowest BCUT2D eigenvalue weighted by Gasteiger charge is -2.42. The molecule has 0 bridgehead atoms. The van der Waals surface area contributed by atoms with Crippen LogP contribution in [0.25, 0.3) is 5.57 Å². The van der Waals surface area contributed by atoms with E-state index in [1.54, 1.807) is 12.1 Å². The Kier molecular flexibility index (Phi) is 3.98. The fourth-order valence-corrected chi connectivity index (χ4v) is 6.67. The monoisotopic (exact) mass is 478 g/mol. The predicted molar refractivity (Wildman–Crippen MR) is 134 cm³/mol. The largest absolute Gasteiger partial charge is 0.293 e. The summed E-state index contributed by atoms with van der Waals surface area (Å²) in [7, 11) is 0. The summed E-state index contributed by atoms with van der Waals surface area (Å²) in [5, 5.41) is 1.02. The number of hydrogen-bond acceptors (Lipinski definition) is 2. The summed E-state index contributed by atoms with van der Waals surface area (Å²) in [5.74, 6) is -0.652. The average Bonchev–Trinajstić information content (AvgIpc) is 3.29. The van der Waals surface area contributed by atoms with E-state index in [0.717, 1.165) is 33.4 Å². The second-order valence-corrected chi connectivity index (χ2v) is 9.89. The van der Waals surface area contributed by atoms with Crippen LogP contribution in [0.4, 0.5) is 0 Å². The molecule has 4 heteroatoms. The number of carbonyl (C=O) groups excluding carboxylic acids is 2. The molecule has 2 nitrogen and oxygen atoms in total. The van der Waals surface area contributed by atoms with Crippen molar-refractivity contribution < 1.29 is 9.59 Å². The first-order valence-corrected chi connectivity index (χ1v) is 11.9. The maximum Gasteiger partial charge on any atom is 0.191 e. The van der Waals surface area contributed by atoms with Crippen molar-refractivity contribution in [3.05, 3.63) is 146 Å². The number of carbonyl (C=O) groups is 2. The molecule has 0 spiro atoms. The van der Waals surface area contributed by atoms with E-state index in [2.05, 4.69) is 0 Å². The maximum absolute atomic E-state index is 14.2. The molecular formula is C30H16Cl2O2. The summed E-state index contributed by atoms with van der Waals surface area (Å²) in [6.45, 7) is 0. The third-order valence-electron chi connectivity index (χ3n) is 7.50. The summed E-state index contributed by atoms with van der Waals surface area (Å²) in [5.41, 5.74) is 6.21. The van der Waals surface area contributed by atoms with Crippen LogP contribution in [0.5, 0.6) is 0 Å². The lowest BCUT2D eigenvalue weighted by molar-refractivity contribution is 0.0949. The molecule has 3 aliphatic rings. The van der Waals surface area contributed by atoms with Crippen molar-refractivity contribution in [2.75, 3.05) is 0 Å². The third kappa shape index (κ3) is 2.28. The Labute approximate surface area is 206 Å². The lowest BCUT2D eigenvalue weighted by atomic mass is 9.57. The lowest BCUT2D eigenvalue weighted by Crippen LogP contribution is -2.40. The molecule has 0 amide bonds. The second kappa shape index (κ2) is 6.79. The Hall–Kier alpha value is -3.46. The van der Waals surface area contributed by atoms with Crippen LogP contribution >= 0.6 is 23.2 Å². The summed E-state index contributed by atoms with van der Waals surface area (Å²) in [6.07, 6.45) is 0. The Morgan fingerprint density at radius 3 is 2.12 bits per heavy atom. The van der Waals surface area contributed by atoms with Crippen molar-refractivity contribution in [1.29, 1.82) is 0 Å². The Balaban J connectivity index is 1.71. The van der Waals surface area contributed by atoms with E-state index in [1.165, 1.54) is 0 Å². The highest BCUT2D eigenvalue weighted by atomic mass is 35.5. The second-order valence-electron chi connectivity index (χ2n) is 9.02. The van der Waals surface area contributed by atoms with Gasteiger partial charge in [-0.05, 0) is 57.7 Å². The Morgan fingerprint density at radius 1 is 0.647 bits per heavy atom. The van der Waals surface area contributed by atoms with Crippen molar-refractivity contribution in [3.8, 4) is 0 Å². The number of halogens is 2. The molecule has 0 radical (unpaired) electrons. The van der Waals surface area contributed by atoms with Crippen molar-refractivity contribution in [1.82, 2.24) is 0 Å². The van der Waals surface area contributed by atoms with Crippen LogP contribution in [0.15, 0.2) is 96.6 Å². The molecule has 162 valence electrons. The van der Waals surface area contributed by atoms with Crippen LogP contribution in [0.3, 0.4) is 0 Å². The number of fused-ring (bicyclic) bond motifs is 9. The minimum Gasteiger partial charge on any atom is -0.293 e. The average molecular weight is 479 g/mol. The number of benzene rings is 4. The van der Waals surface area contributed by atoms with Crippen LogP contribution in [-0.4, -0.2) is 11.6 Å². The van der Waals surface area contributed by atoms with E-state index in [4.69, 9.17) is 23.2 Å². The standard InChI is InChI=1S/C30H16Cl2O2/c31-17-10-12-20-22(14-17)28(33)27-25(20)19-8-4-5-9-21(19)26-29(34)23-15-18(32)11-13-24(23)30(26,27)16-6-2-1-3-7-16/h1-15,26H. The molecule has 0 aromatic heterocycles. The smallest absolute Gasteiger partial charge is 0.191 e. The highest BCUT2D eigenvalue weighted by Gasteiger charge is 2.62. The zero-order valence-electron chi connectivity index (χ0n) is 17.8. The van der Waals surface area contributed by atoms with Gasteiger partial charge < -0.3 is 0 Å². The predicted octanol–water partition coefficient (Wildman–Crippen LogP) is 7.27. The van der Waals surface area contributed by atoms with Gasteiger partial charge in [0.05, 0.1) is 11.3 Å². The van der Waals surface area contributed by atoms with Gasteiger partial charge in [0.1, 0.15) is 0 Å². The molecule has 0 saturated carbocycles. The Morgan fingerprint density at radius 2 is 1.32 bits per heavy atom. The van der Waals surface area contributed by atoms with Crippen LogP contribution < -0.4 is 0 Å². The summed E-state index contributed by atoms with van der Waals surface area (Å²) >= 11 is 12.7.